The molecule has 1 amide bonds. The fourth-order valence-corrected chi connectivity index (χ4v) is 5.64. The van der Waals surface area contributed by atoms with Gasteiger partial charge in [-0.2, -0.15) is 0 Å². The number of rotatable bonds is 5. The average Bonchev–Trinajstić information content (AvgIpc) is 3.04. The van der Waals surface area contributed by atoms with Gasteiger partial charge in [-0.05, 0) is 49.1 Å². The van der Waals surface area contributed by atoms with Gasteiger partial charge in [0.05, 0.1) is 16.1 Å². The zero-order valence-electron chi connectivity index (χ0n) is 17.3. The van der Waals surface area contributed by atoms with Gasteiger partial charge < -0.3 is 9.64 Å². The second kappa shape index (κ2) is 9.09. The van der Waals surface area contributed by atoms with E-state index in [0.717, 1.165) is 31.2 Å². The molecule has 0 bridgehead atoms. The van der Waals surface area contributed by atoms with Crippen LogP contribution in [-0.2, 0) is 26.0 Å². The molecule has 1 fully saturated rings. The lowest BCUT2D eigenvalue weighted by molar-refractivity contribution is -0.134. The lowest BCUT2D eigenvalue weighted by atomic mass is 10.2. The van der Waals surface area contributed by atoms with Crippen LogP contribution in [0.5, 0.6) is 0 Å². The number of nitrogens with zero attached hydrogens (tertiary/aromatic N) is 2. The van der Waals surface area contributed by atoms with Crippen molar-refractivity contribution in [3.8, 4) is 0 Å². The first-order valence-corrected chi connectivity index (χ1v) is 12.1. The lowest BCUT2D eigenvalue weighted by Gasteiger charge is -2.20. The average molecular weight is 443 g/mol. The van der Waals surface area contributed by atoms with E-state index < -0.39 is 16.0 Å². The van der Waals surface area contributed by atoms with Crippen LogP contribution in [0, 0.1) is 0 Å². The second-order valence-corrected chi connectivity index (χ2v) is 9.72. The standard InChI is InChI=1S/C23H26N2O5S/c26-22(24-13-5-1-2-6-14-24)17-30-23(27)19-9-7-10-20(16-19)31(28,29)25-15-12-18-8-3-4-11-21(18)25/h3-4,7-11,16H,1-2,5-6,12-15,17H2. The molecule has 31 heavy (non-hydrogen) atoms. The minimum absolute atomic E-state index is 0.0255. The number of amides is 1. The number of hydrogen-bond acceptors (Lipinski definition) is 5. The van der Waals surface area contributed by atoms with Gasteiger partial charge in [-0.25, -0.2) is 13.2 Å². The van der Waals surface area contributed by atoms with Crippen LogP contribution in [0.15, 0.2) is 53.4 Å². The number of hydrogen-bond donors (Lipinski definition) is 0. The number of benzene rings is 2. The lowest BCUT2D eigenvalue weighted by Crippen LogP contribution is -2.35. The summed E-state index contributed by atoms with van der Waals surface area (Å²) in [5.74, 6) is -0.922. The Kier molecular flexibility index (Phi) is 6.27. The van der Waals surface area contributed by atoms with Crippen LogP contribution in [0.2, 0.25) is 0 Å². The maximum atomic E-state index is 13.2. The third-order valence-electron chi connectivity index (χ3n) is 5.79. The summed E-state index contributed by atoms with van der Waals surface area (Å²) in [6.45, 7) is 1.39. The quantitative estimate of drug-likeness (QED) is 0.665. The van der Waals surface area contributed by atoms with Crippen molar-refractivity contribution in [1.82, 2.24) is 4.90 Å². The van der Waals surface area contributed by atoms with Crippen molar-refractivity contribution in [3.05, 3.63) is 59.7 Å². The second-order valence-electron chi connectivity index (χ2n) is 7.85. The summed E-state index contributed by atoms with van der Waals surface area (Å²) in [6.07, 6.45) is 4.77. The third kappa shape index (κ3) is 4.58. The molecule has 2 aliphatic rings. The maximum absolute atomic E-state index is 13.2. The number of carbonyl (C=O) groups is 2. The molecular weight excluding hydrogens is 416 g/mol. The van der Waals surface area contributed by atoms with E-state index >= 15 is 0 Å². The highest BCUT2D eigenvalue weighted by Gasteiger charge is 2.31. The summed E-state index contributed by atoms with van der Waals surface area (Å²) < 4.78 is 32.9. The largest absolute Gasteiger partial charge is 0.452 e. The van der Waals surface area contributed by atoms with Gasteiger partial charge in [0.1, 0.15) is 0 Å². The molecule has 0 radical (unpaired) electrons. The monoisotopic (exact) mass is 442 g/mol. The first kappa shape index (κ1) is 21.4. The summed E-state index contributed by atoms with van der Waals surface area (Å²) in [5, 5.41) is 0. The Bertz CT molecular complexity index is 1070. The maximum Gasteiger partial charge on any atom is 0.338 e. The Balaban J connectivity index is 1.45. The number of esters is 1. The van der Waals surface area contributed by atoms with Gasteiger partial charge in [0, 0.05) is 19.6 Å². The van der Waals surface area contributed by atoms with Crippen LogP contribution < -0.4 is 4.31 Å². The Labute approximate surface area is 182 Å². The van der Waals surface area contributed by atoms with Gasteiger partial charge in [-0.1, -0.05) is 37.1 Å². The summed E-state index contributed by atoms with van der Waals surface area (Å²) in [5.41, 5.74) is 1.75. The van der Waals surface area contributed by atoms with E-state index in [1.54, 1.807) is 11.0 Å². The molecule has 4 rings (SSSR count). The van der Waals surface area contributed by atoms with Gasteiger partial charge in [0.2, 0.25) is 0 Å². The number of likely N-dealkylation sites (tertiary alicyclic amines) is 1. The van der Waals surface area contributed by atoms with Gasteiger partial charge in [-0.15, -0.1) is 0 Å². The van der Waals surface area contributed by atoms with E-state index in [1.165, 1.54) is 28.6 Å². The molecule has 2 aromatic carbocycles. The van der Waals surface area contributed by atoms with E-state index in [-0.39, 0.29) is 23.0 Å². The molecule has 8 heteroatoms. The number of ether oxygens (including phenoxy) is 1. The van der Waals surface area contributed by atoms with Crippen molar-refractivity contribution in [2.45, 2.75) is 37.0 Å². The normalized spacial score (nSPS) is 16.5. The molecule has 0 aliphatic carbocycles. The van der Waals surface area contributed by atoms with Gasteiger partial charge in [0.15, 0.2) is 6.61 Å². The van der Waals surface area contributed by atoms with Crippen LogP contribution in [0.3, 0.4) is 0 Å². The summed E-state index contributed by atoms with van der Waals surface area (Å²) in [4.78, 5) is 26.6. The smallest absolute Gasteiger partial charge is 0.338 e. The first-order valence-electron chi connectivity index (χ1n) is 10.6. The summed E-state index contributed by atoms with van der Waals surface area (Å²) in [7, 11) is -3.81. The molecule has 0 unspecified atom stereocenters. The Morgan fingerprint density at radius 1 is 0.903 bits per heavy atom. The Hall–Kier alpha value is -2.87. The molecule has 0 aromatic heterocycles. The molecule has 0 spiro atoms. The van der Waals surface area contributed by atoms with Crippen LogP contribution in [0.25, 0.3) is 0 Å². The van der Waals surface area contributed by atoms with Crippen molar-refractivity contribution in [3.63, 3.8) is 0 Å². The molecule has 164 valence electrons. The summed E-state index contributed by atoms with van der Waals surface area (Å²) in [6, 6.07) is 13.2. The number of anilines is 1. The molecule has 2 aromatic rings. The van der Waals surface area contributed by atoms with E-state index in [0.29, 0.717) is 31.7 Å². The van der Waals surface area contributed by atoms with E-state index in [4.69, 9.17) is 4.74 Å². The molecule has 0 atom stereocenters. The number of sulfonamides is 1. The molecular formula is C23H26N2O5S. The highest BCUT2D eigenvalue weighted by atomic mass is 32.2. The van der Waals surface area contributed by atoms with E-state index in [1.807, 2.05) is 18.2 Å². The van der Waals surface area contributed by atoms with Crippen molar-refractivity contribution >= 4 is 27.6 Å². The molecule has 7 nitrogen and oxygen atoms in total. The molecule has 1 saturated heterocycles. The van der Waals surface area contributed by atoms with Crippen LogP contribution >= 0.6 is 0 Å². The fourth-order valence-electron chi connectivity index (χ4n) is 4.09. The minimum Gasteiger partial charge on any atom is -0.452 e. The molecule has 2 aliphatic heterocycles. The molecule has 0 N–H and O–H groups in total. The van der Waals surface area contributed by atoms with E-state index in [2.05, 4.69) is 0 Å². The minimum atomic E-state index is -3.81. The zero-order valence-corrected chi connectivity index (χ0v) is 18.1. The topological polar surface area (TPSA) is 84.0 Å². The Morgan fingerprint density at radius 2 is 1.65 bits per heavy atom. The van der Waals surface area contributed by atoms with Crippen LogP contribution in [0.4, 0.5) is 5.69 Å². The summed E-state index contributed by atoms with van der Waals surface area (Å²) >= 11 is 0. The molecule has 2 heterocycles. The van der Waals surface area contributed by atoms with Crippen LogP contribution in [-0.4, -0.2) is 51.4 Å². The predicted octanol–water partition coefficient (Wildman–Crippen LogP) is 3.00. The third-order valence-corrected chi connectivity index (χ3v) is 7.60. The predicted molar refractivity (Wildman–Crippen MR) is 116 cm³/mol. The zero-order chi connectivity index (χ0) is 21.8. The van der Waals surface area contributed by atoms with Crippen molar-refractivity contribution in [2.75, 3.05) is 30.5 Å². The van der Waals surface area contributed by atoms with Crippen LogP contribution in [0.1, 0.15) is 41.6 Å². The number of fused-ring (bicyclic) bond motifs is 1. The molecule has 0 saturated carbocycles. The number of para-hydroxylation sites is 1. The van der Waals surface area contributed by atoms with Crippen molar-refractivity contribution in [2.24, 2.45) is 0 Å². The van der Waals surface area contributed by atoms with E-state index in [9.17, 15) is 18.0 Å². The Morgan fingerprint density at radius 3 is 2.42 bits per heavy atom. The van der Waals surface area contributed by atoms with Gasteiger partial charge >= 0.3 is 5.97 Å². The van der Waals surface area contributed by atoms with Crippen molar-refractivity contribution in [1.29, 1.82) is 0 Å². The number of carbonyl (C=O) groups excluding carboxylic acids is 2. The highest BCUT2D eigenvalue weighted by Crippen LogP contribution is 2.32. The fraction of sp³-hybridized carbons (Fsp3) is 0.391. The van der Waals surface area contributed by atoms with Gasteiger partial charge in [-0.3, -0.25) is 9.10 Å². The van der Waals surface area contributed by atoms with Crippen molar-refractivity contribution < 1.29 is 22.7 Å². The highest BCUT2D eigenvalue weighted by molar-refractivity contribution is 7.92. The van der Waals surface area contributed by atoms with Gasteiger partial charge in [0.25, 0.3) is 15.9 Å². The first-order chi connectivity index (χ1) is 15.0. The SMILES string of the molecule is O=C(OCC(=O)N1CCCCCC1)c1cccc(S(=O)(=O)N2CCc3ccccc32)c1.